The van der Waals surface area contributed by atoms with Crippen LogP contribution in [0.3, 0.4) is 0 Å². The van der Waals surface area contributed by atoms with Crippen LogP contribution in [-0.4, -0.2) is 23.0 Å². The molecule has 1 aliphatic rings. The topological polar surface area (TPSA) is 53.1 Å². The number of ether oxygens (including phenoxy) is 1. The summed E-state index contributed by atoms with van der Waals surface area (Å²) in [6.07, 6.45) is 7.51. The molecule has 0 saturated heterocycles. The van der Waals surface area contributed by atoms with E-state index in [0.717, 1.165) is 25.7 Å². The number of nitrogens with zero attached hydrogens (tertiary/aromatic N) is 2. The van der Waals surface area contributed by atoms with E-state index in [1.807, 2.05) is 10.9 Å². The first-order valence-electron chi connectivity index (χ1n) is 5.20. The summed E-state index contributed by atoms with van der Waals surface area (Å²) in [5.74, 6) is 0.954. The fourth-order valence-corrected chi connectivity index (χ4v) is 1.42. The Morgan fingerprint density at radius 2 is 2.36 bits per heavy atom. The van der Waals surface area contributed by atoms with Crippen molar-refractivity contribution in [2.45, 2.75) is 25.8 Å². The second-order valence-corrected chi connectivity index (χ2v) is 3.88. The Balaban J connectivity index is 1.53. The maximum absolute atomic E-state index is 5.53. The van der Waals surface area contributed by atoms with E-state index >= 15 is 0 Å². The van der Waals surface area contributed by atoms with Gasteiger partial charge in [-0.25, -0.2) is 0 Å². The summed E-state index contributed by atoms with van der Waals surface area (Å²) in [5, 5.41) is 4.07. The molecule has 1 saturated carbocycles. The third-order valence-corrected chi connectivity index (χ3v) is 2.49. The molecule has 1 aliphatic carbocycles. The van der Waals surface area contributed by atoms with E-state index in [0.29, 0.717) is 5.69 Å². The average Bonchev–Trinajstić information content (AvgIpc) is 2.89. The maximum atomic E-state index is 5.53. The third-order valence-electron chi connectivity index (χ3n) is 2.49. The lowest BCUT2D eigenvalue weighted by Crippen LogP contribution is -2.07. The van der Waals surface area contributed by atoms with E-state index < -0.39 is 0 Å². The van der Waals surface area contributed by atoms with Gasteiger partial charge in [-0.2, -0.15) is 5.10 Å². The largest absolute Gasteiger partial charge is 0.396 e. The molecule has 0 aliphatic heterocycles. The van der Waals surface area contributed by atoms with Crippen LogP contribution in [0, 0.1) is 5.92 Å². The first-order chi connectivity index (χ1) is 6.84. The zero-order chi connectivity index (χ0) is 9.80. The Labute approximate surface area is 84.0 Å². The molecular weight excluding hydrogens is 178 g/mol. The van der Waals surface area contributed by atoms with Gasteiger partial charge in [-0.3, -0.25) is 4.68 Å². The number of hydrogen-bond acceptors (Lipinski definition) is 3. The van der Waals surface area contributed by atoms with Crippen molar-refractivity contribution >= 4 is 5.69 Å². The summed E-state index contributed by atoms with van der Waals surface area (Å²) < 4.78 is 7.31. The first-order valence-corrected chi connectivity index (χ1v) is 5.20. The van der Waals surface area contributed by atoms with Crippen molar-refractivity contribution in [3.05, 3.63) is 12.4 Å². The second kappa shape index (κ2) is 4.46. The molecule has 0 aromatic carbocycles. The van der Waals surface area contributed by atoms with E-state index in [1.165, 1.54) is 19.3 Å². The molecule has 0 unspecified atom stereocenters. The molecule has 1 aromatic rings. The quantitative estimate of drug-likeness (QED) is 0.696. The highest BCUT2D eigenvalue weighted by atomic mass is 16.5. The standard InChI is InChI=1S/C10H17N3O/c11-10-7-12-13(8-10)4-6-14-5-3-9-1-2-9/h7-9H,1-6,11H2. The Kier molecular flexibility index (Phi) is 3.03. The van der Waals surface area contributed by atoms with Crippen LogP contribution in [0.4, 0.5) is 5.69 Å². The summed E-state index contributed by atoms with van der Waals surface area (Å²) in [5.41, 5.74) is 6.24. The minimum absolute atomic E-state index is 0.711. The number of rotatable bonds is 6. The number of nitrogen functional groups attached to an aromatic ring is 1. The summed E-state index contributed by atoms with van der Waals surface area (Å²) in [6, 6.07) is 0. The van der Waals surface area contributed by atoms with Gasteiger partial charge in [0, 0.05) is 12.8 Å². The molecule has 0 amide bonds. The minimum atomic E-state index is 0.711. The molecule has 14 heavy (non-hydrogen) atoms. The van der Waals surface area contributed by atoms with E-state index in [1.54, 1.807) is 6.20 Å². The molecule has 0 spiro atoms. The van der Waals surface area contributed by atoms with Crippen molar-refractivity contribution < 1.29 is 4.74 Å². The molecule has 0 radical (unpaired) electrons. The normalized spacial score (nSPS) is 16.0. The van der Waals surface area contributed by atoms with Gasteiger partial charge >= 0.3 is 0 Å². The molecule has 1 heterocycles. The first kappa shape index (κ1) is 9.52. The van der Waals surface area contributed by atoms with Gasteiger partial charge in [-0.1, -0.05) is 12.8 Å². The van der Waals surface area contributed by atoms with Gasteiger partial charge in [0.05, 0.1) is 25.0 Å². The predicted molar refractivity (Wildman–Crippen MR) is 54.8 cm³/mol. The fraction of sp³-hybridized carbons (Fsp3) is 0.700. The van der Waals surface area contributed by atoms with Gasteiger partial charge < -0.3 is 10.5 Å². The van der Waals surface area contributed by atoms with Crippen LogP contribution in [0.2, 0.25) is 0 Å². The lowest BCUT2D eigenvalue weighted by atomic mass is 10.3. The molecular formula is C10H17N3O. The van der Waals surface area contributed by atoms with Crippen molar-refractivity contribution in [1.82, 2.24) is 9.78 Å². The van der Waals surface area contributed by atoms with Crippen molar-refractivity contribution in [2.24, 2.45) is 5.92 Å². The monoisotopic (exact) mass is 195 g/mol. The zero-order valence-corrected chi connectivity index (χ0v) is 8.35. The van der Waals surface area contributed by atoms with E-state index in [2.05, 4.69) is 5.10 Å². The molecule has 0 bridgehead atoms. The maximum Gasteiger partial charge on any atom is 0.0719 e. The van der Waals surface area contributed by atoms with Crippen LogP contribution in [-0.2, 0) is 11.3 Å². The van der Waals surface area contributed by atoms with Crippen LogP contribution >= 0.6 is 0 Å². The van der Waals surface area contributed by atoms with Crippen LogP contribution in [0.15, 0.2) is 12.4 Å². The summed E-state index contributed by atoms with van der Waals surface area (Å²) in [4.78, 5) is 0. The lowest BCUT2D eigenvalue weighted by Gasteiger charge is -2.03. The van der Waals surface area contributed by atoms with Crippen molar-refractivity contribution in [3.63, 3.8) is 0 Å². The lowest BCUT2D eigenvalue weighted by molar-refractivity contribution is 0.118. The molecule has 2 rings (SSSR count). The SMILES string of the molecule is Nc1cnn(CCOCCC2CC2)c1. The second-order valence-electron chi connectivity index (χ2n) is 3.88. The summed E-state index contributed by atoms with van der Waals surface area (Å²) in [6.45, 7) is 2.41. The highest BCUT2D eigenvalue weighted by molar-refractivity contribution is 5.30. The van der Waals surface area contributed by atoms with Crippen molar-refractivity contribution in [3.8, 4) is 0 Å². The van der Waals surface area contributed by atoms with Crippen LogP contribution in [0.25, 0.3) is 0 Å². The van der Waals surface area contributed by atoms with Crippen molar-refractivity contribution in [2.75, 3.05) is 18.9 Å². The van der Waals surface area contributed by atoms with E-state index in [9.17, 15) is 0 Å². The molecule has 4 nitrogen and oxygen atoms in total. The average molecular weight is 195 g/mol. The molecule has 4 heteroatoms. The van der Waals surface area contributed by atoms with Gasteiger partial charge in [0.25, 0.3) is 0 Å². The highest BCUT2D eigenvalue weighted by Crippen LogP contribution is 2.31. The Bertz CT molecular complexity index is 281. The highest BCUT2D eigenvalue weighted by Gasteiger charge is 2.20. The third kappa shape index (κ3) is 3.03. The number of aromatic nitrogens is 2. The van der Waals surface area contributed by atoms with Gasteiger partial charge in [0.1, 0.15) is 0 Å². The van der Waals surface area contributed by atoms with Crippen LogP contribution in [0.1, 0.15) is 19.3 Å². The fourth-order valence-electron chi connectivity index (χ4n) is 1.42. The van der Waals surface area contributed by atoms with Gasteiger partial charge in [-0.05, 0) is 12.3 Å². The summed E-state index contributed by atoms with van der Waals surface area (Å²) >= 11 is 0. The molecule has 2 N–H and O–H groups in total. The van der Waals surface area contributed by atoms with E-state index in [4.69, 9.17) is 10.5 Å². The van der Waals surface area contributed by atoms with Crippen LogP contribution < -0.4 is 5.73 Å². The number of nitrogens with two attached hydrogens (primary N) is 1. The van der Waals surface area contributed by atoms with Crippen molar-refractivity contribution in [1.29, 1.82) is 0 Å². The molecule has 78 valence electrons. The minimum Gasteiger partial charge on any atom is -0.396 e. The smallest absolute Gasteiger partial charge is 0.0719 e. The number of anilines is 1. The Morgan fingerprint density at radius 3 is 3.00 bits per heavy atom. The van der Waals surface area contributed by atoms with Gasteiger partial charge in [-0.15, -0.1) is 0 Å². The number of hydrogen-bond donors (Lipinski definition) is 1. The van der Waals surface area contributed by atoms with Gasteiger partial charge in [0.15, 0.2) is 0 Å². The predicted octanol–water partition coefficient (Wildman–Crippen LogP) is 1.28. The molecule has 1 fully saturated rings. The zero-order valence-electron chi connectivity index (χ0n) is 8.35. The van der Waals surface area contributed by atoms with Crippen LogP contribution in [0.5, 0.6) is 0 Å². The van der Waals surface area contributed by atoms with E-state index in [-0.39, 0.29) is 0 Å². The van der Waals surface area contributed by atoms with Gasteiger partial charge in [0.2, 0.25) is 0 Å². The Morgan fingerprint density at radius 1 is 1.50 bits per heavy atom. The molecule has 1 aromatic heterocycles. The molecule has 0 atom stereocenters. The summed E-state index contributed by atoms with van der Waals surface area (Å²) in [7, 11) is 0. The Hall–Kier alpha value is -1.03.